The quantitative estimate of drug-likeness (QED) is 0.627. The van der Waals surface area contributed by atoms with Gasteiger partial charge in [-0.25, -0.2) is 8.42 Å². The van der Waals surface area contributed by atoms with Crippen molar-refractivity contribution in [2.75, 3.05) is 18.1 Å². The van der Waals surface area contributed by atoms with Gasteiger partial charge in [0.15, 0.2) is 9.84 Å². The summed E-state index contributed by atoms with van der Waals surface area (Å²) in [5.74, 6) is 0.398. The molecule has 1 aliphatic heterocycles. The number of sulfone groups is 1. The van der Waals surface area contributed by atoms with Gasteiger partial charge in [0, 0.05) is 18.5 Å². The summed E-state index contributed by atoms with van der Waals surface area (Å²) in [6, 6.07) is 15.6. The lowest BCUT2D eigenvalue weighted by atomic mass is 9.86. The van der Waals surface area contributed by atoms with Gasteiger partial charge in [-0.1, -0.05) is 64.1 Å². The fourth-order valence-electron chi connectivity index (χ4n) is 4.23. The summed E-state index contributed by atoms with van der Waals surface area (Å²) < 4.78 is 31.0. The molecule has 2 N–H and O–H groups in total. The number of hydrogen-bond donors (Lipinski definition) is 2. The Hall–Kier alpha value is -1.89. The van der Waals surface area contributed by atoms with Crippen LogP contribution in [0.25, 0.3) is 0 Å². The molecule has 0 radical (unpaired) electrons. The Kier molecular flexibility index (Phi) is 8.01. The van der Waals surface area contributed by atoms with Crippen LogP contribution in [-0.4, -0.2) is 43.8 Å². The molecule has 176 valence electrons. The fourth-order valence-corrected chi connectivity index (χ4v) is 6.20. The zero-order valence-electron chi connectivity index (χ0n) is 19.7. The average Bonchev–Trinajstić information content (AvgIpc) is 2.73. The van der Waals surface area contributed by atoms with Gasteiger partial charge in [0.1, 0.15) is 5.75 Å². The van der Waals surface area contributed by atoms with Gasteiger partial charge in [0.2, 0.25) is 0 Å². The molecular weight excluding hydrogens is 422 g/mol. The number of benzene rings is 2. The Balaban J connectivity index is 1.69. The van der Waals surface area contributed by atoms with Crippen molar-refractivity contribution < 1.29 is 18.3 Å². The fraction of sp³-hybridized carbons (Fsp3) is 0.538. The van der Waals surface area contributed by atoms with Crippen molar-refractivity contribution in [3.05, 3.63) is 65.2 Å². The monoisotopic (exact) mass is 459 g/mol. The first kappa shape index (κ1) is 24.7. The van der Waals surface area contributed by atoms with Crippen molar-refractivity contribution in [1.82, 2.24) is 5.32 Å². The van der Waals surface area contributed by atoms with Crippen LogP contribution in [0, 0.1) is 5.92 Å². The normalized spacial score (nSPS) is 23.1. The van der Waals surface area contributed by atoms with Crippen LogP contribution in [-0.2, 0) is 28.2 Å². The van der Waals surface area contributed by atoms with E-state index in [-0.39, 0.29) is 22.8 Å². The van der Waals surface area contributed by atoms with Crippen molar-refractivity contribution in [1.29, 1.82) is 0 Å². The lowest BCUT2D eigenvalue weighted by molar-refractivity contribution is 0.0781. The predicted octanol–water partition coefficient (Wildman–Crippen LogP) is 3.88. The number of aliphatic hydroxyl groups excluding tert-OH is 1. The molecule has 5 nitrogen and oxygen atoms in total. The van der Waals surface area contributed by atoms with E-state index in [2.05, 4.69) is 45.1 Å². The number of ether oxygens (including phenoxy) is 1. The van der Waals surface area contributed by atoms with Crippen LogP contribution in [0.5, 0.6) is 5.75 Å². The van der Waals surface area contributed by atoms with E-state index in [9.17, 15) is 13.5 Å². The van der Waals surface area contributed by atoms with Crippen LogP contribution in [0.3, 0.4) is 0 Å². The third-order valence-electron chi connectivity index (χ3n) is 6.03. The zero-order chi connectivity index (χ0) is 23.4. The molecule has 1 heterocycles. The van der Waals surface area contributed by atoms with Gasteiger partial charge < -0.3 is 15.2 Å². The molecule has 2 aromatic rings. The standard InChI is InChI=1S/C26H37NO4S/c1-5-12-31-23-11-7-8-19(15-23)13-21-17-32(29,30)18-24(25(21)28)27-16-20-9-6-10-22(14-20)26(2,3)4/h6-11,14-15,21,24-25,27-28H,5,12-13,16-18H2,1-4H3/t21-,24+,25+/m1/s1. The second kappa shape index (κ2) is 10.4. The first-order chi connectivity index (χ1) is 15.1. The third kappa shape index (κ3) is 6.80. The summed E-state index contributed by atoms with van der Waals surface area (Å²) in [5.41, 5.74) is 3.35. The average molecular weight is 460 g/mol. The number of hydrogen-bond acceptors (Lipinski definition) is 5. The minimum absolute atomic E-state index is 0.00585. The molecule has 1 fully saturated rings. The van der Waals surface area contributed by atoms with Crippen molar-refractivity contribution in [3.63, 3.8) is 0 Å². The van der Waals surface area contributed by atoms with E-state index in [4.69, 9.17) is 4.74 Å². The smallest absolute Gasteiger partial charge is 0.152 e. The van der Waals surface area contributed by atoms with Gasteiger partial charge in [-0.05, 0) is 47.1 Å². The molecule has 2 aromatic carbocycles. The number of rotatable bonds is 8. The Morgan fingerprint density at radius 1 is 1.06 bits per heavy atom. The van der Waals surface area contributed by atoms with Crippen molar-refractivity contribution in [2.45, 2.75) is 64.6 Å². The molecule has 1 aliphatic rings. The van der Waals surface area contributed by atoms with Crippen LogP contribution in [0.1, 0.15) is 50.8 Å². The molecule has 32 heavy (non-hydrogen) atoms. The maximum absolute atomic E-state index is 12.6. The minimum Gasteiger partial charge on any atom is -0.494 e. The van der Waals surface area contributed by atoms with Gasteiger partial charge in [0.05, 0.1) is 24.2 Å². The molecule has 3 rings (SSSR count). The topological polar surface area (TPSA) is 75.6 Å². The molecule has 0 amide bonds. The van der Waals surface area contributed by atoms with Gasteiger partial charge >= 0.3 is 0 Å². The minimum atomic E-state index is -3.25. The second-order valence-electron chi connectivity index (χ2n) is 9.97. The molecule has 0 unspecified atom stereocenters. The van der Waals surface area contributed by atoms with Crippen molar-refractivity contribution >= 4 is 9.84 Å². The van der Waals surface area contributed by atoms with Crippen LogP contribution >= 0.6 is 0 Å². The highest BCUT2D eigenvalue weighted by Crippen LogP contribution is 2.26. The Bertz CT molecular complexity index is 997. The summed E-state index contributed by atoms with van der Waals surface area (Å²) in [6.45, 7) is 9.73. The summed E-state index contributed by atoms with van der Waals surface area (Å²) in [7, 11) is -3.25. The van der Waals surface area contributed by atoms with Crippen molar-refractivity contribution in [2.24, 2.45) is 5.92 Å². The highest BCUT2D eigenvalue weighted by Gasteiger charge is 2.39. The Morgan fingerprint density at radius 3 is 2.50 bits per heavy atom. The highest BCUT2D eigenvalue weighted by atomic mass is 32.2. The van der Waals surface area contributed by atoms with E-state index in [0.717, 1.165) is 23.3 Å². The molecule has 1 saturated heterocycles. The van der Waals surface area contributed by atoms with Gasteiger partial charge in [-0.3, -0.25) is 0 Å². The largest absolute Gasteiger partial charge is 0.494 e. The lowest BCUT2D eigenvalue weighted by Gasteiger charge is -2.35. The van der Waals surface area contributed by atoms with Crippen LogP contribution in [0.4, 0.5) is 0 Å². The lowest BCUT2D eigenvalue weighted by Crippen LogP contribution is -2.54. The molecule has 3 atom stereocenters. The molecule has 6 heteroatoms. The van der Waals surface area contributed by atoms with Crippen LogP contribution in [0.2, 0.25) is 0 Å². The first-order valence-corrected chi connectivity index (χ1v) is 13.3. The van der Waals surface area contributed by atoms with E-state index in [1.54, 1.807) is 0 Å². The van der Waals surface area contributed by atoms with Gasteiger partial charge in [-0.15, -0.1) is 0 Å². The van der Waals surface area contributed by atoms with Crippen LogP contribution < -0.4 is 10.1 Å². The summed E-state index contributed by atoms with van der Waals surface area (Å²) in [4.78, 5) is 0. The summed E-state index contributed by atoms with van der Waals surface area (Å²) >= 11 is 0. The third-order valence-corrected chi connectivity index (χ3v) is 7.83. The zero-order valence-corrected chi connectivity index (χ0v) is 20.5. The Morgan fingerprint density at radius 2 is 1.78 bits per heavy atom. The van der Waals surface area contributed by atoms with E-state index < -0.39 is 22.0 Å². The van der Waals surface area contributed by atoms with E-state index in [1.807, 2.05) is 36.4 Å². The maximum Gasteiger partial charge on any atom is 0.152 e. The van der Waals surface area contributed by atoms with E-state index in [1.165, 1.54) is 5.56 Å². The molecule has 0 aromatic heterocycles. The molecule has 0 aliphatic carbocycles. The molecule has 0 spiro atoms. The number of aliphatic hydroxyl groups is 1. The van der Waals surface area contributed by atoms with Crippen molar-refractivity contribution in [3.8, 4) is 5.75 Å². The van der Waals surface area contributed by atoms with E-state index in [0.29, 0.717) is 19.6 Å². The van der Waals surface area contributed by atoms with Crippen LogP contribution in [0.15, 0.2) is 48.5 Å². The second-order valence-corrected chi connectivity index (χ2v) is 12.1. The van der Waals surface area contributed by atoms with E-state index >= 15 is 0 Å². The van der Waals surface area contributed by atoms with Gasteiger partial charge in [-0.2, -0.15) is 0 Å². The van der Waals surface area contributed by atoms with Gasteiger partial charge in [0.25, 0.3) is 0 Å². The summed E-state index contributed by atoms with van der Waals surface area (Å²) in [5, 5.41) is 14.4. The number of nitrogens with one attached hydrogen (secondary N) is 1. The maximum atomic E-state index is 12.6. The predicted molar refractivity (Wildman–Crippen MR) is 130 cm³/mol. The molecular formula is C26H37NO4S. The highest BCUT2D eigenvalue weighted by molar-refractivity contribution is 7.91. The first-order valence-electron chi connectivity index (χ1n) is 11.5. The Labute approximate surface area is 193 Å². The molecule has 0 bridgehead atoms. The summed E-state index contributed by atoms with van der Waals surface area (Å²) in [6.07, 6.45) is 0.696. The SMILES string of the molecule is CCCOc1cccc(C[C@@H]2CS(=O)(=O)C[C@H](NCc3cccc(C(C)(C)C)c3)[C@H]2O)c1. The molecule has 0 saturated carbocycles.